The molecule has 0 saturated heterocycles. The molecule has 3 aromatic rings. The van der Waals surface area contributed by atoms with Crippen molar-refractivity contribution in [3.05, 3.63) is 53.2 Å². The normalized spacial score (nSPS) is 10.7. The Kier molecular flexibility index (Phi) is 3.62. The van der Waals surface area contributed by atoms with E-state index in [1.165, 1.54) is 11.0 Å². The Balaban J connectivity index is 1.98. The van der Waals surface area contributed by atoms with Crippen LogP contribution in [0.1, 0.15) is 5.56 Å². The van der Waals surface area contributed by atoms with Gasteiger partial charge < -0.3 is 0 Å². The summed E-state index contributed by atoms with van der Waals surface area (Å²) in [6.07, 6.45) is 1.53. The molecular formula is C13H9Cl2N5. The average Bonchev–Trinajstić information content (AvgIpc) is 2.98. The number of pyridine rings is 1. The van der Waals surface area contributed by atoms with Gasteiger partial charge in [0.15, 0.2) is 5.82 Å². The van der Waals surface area contributed by atoms with Gasteiger partial charge in [-0.2, -0.15) is 0 Å². The highest BCUT2D eigenvalue weighted by atomic mass is 35.5. The lowest BCUT2D eigenvalue weighted by Gasteiger charge is -2.02. The second-order valence-electron chi connectivity index (χ2n) is 4.04. The fraction of sp³-hybridized carbons (Fsp3) is 0.0769. The average molecular weight is 306 g/mol. The summed E-state index contributed by atoms with van der Waals surface area (Å²) in [5.74, 6) is 1.36. The van der Waals surface area contributed by atoms with E-state index in [-0.39, 0.29) is 0 Å². The molecule has 0 fully saturated rings. The smallest absolute Gasteiger partial charge is 0.205 e. The molecule has 0 radical (unpaired) electrons. The van der Waals surface area contributed by atoms with Crippen LogP contribution >= 0.6 is 23.2 Å². The Hall–Kier alpha value is -1.98. The van der Waals surface area contributed by atoms with Crippen molar-refractivity contribution in [2.75, 3.05) is 0 Å². The SMILES string of the molecule is ClCc1cc(-n2nnc(-c3ccccc3)n2)ncc1Cl. The van der Waals surface area contributed by atoms with E-state index in [1.54, 1.807) is 6.07 Å². The van der Waals surface area contributed by atoms with Gasteiger partial charge in [0.05, 0.1) is 5.02 Å². The monoisotopic (exact) mass is 305 g/mol. The van der Waals surface area contributed by atoms with E-state index in [4.69, 9.17) is 23.2 Å². The molecule has 5 nitrogen and oxygen atoms in total. The summed E-state index contributed by atoms with van der Waals surface area (Å²) in [5.41, 5.74) is 1.67. The third-order valence-electron chi connectivity index (χ3n) is 2.71. The van der Waals surface area contributed by atoms with E-state index < -0.39 is 0 Å². The van der Waals surface area contributed by atoms with Crippen molar-refractivity contribution in [1.29, 1.82) is 0 Å². The van der Waals surface area contributed by atoms with E-state index >= 15 is 0 Å². The zero-order chi connectivity index (χ0) is 13.9. The van der Waals surface area contributed by atoms with Crippen LogP contribution in [0.3, 0.4) is 0 Å². The molecule has 0 aliphatic rings. The highest BCUT2D eigenvalue weighted by Crippen LogP contribution is 2.19. The van der Waals surface area contributed by atoms with Gasteiger partial charge in [0.2, 0.25) is 5.82 Å². The lowest BCUT2D eigenvalue weighted by molar-refractivity contribution is 0.700. The van der Waals surface area contributed by atoms with Gasteiger partial charge in [-0.3, -0.25) is 0 Å². The molecule has 1 aromatic carbocycles. The van der Waals surface area contributed by atoms with E-state index in [0.29, 0.717) is 22.5 Å². The molecule has 0 aliphatic heterocycles. The van der Waals surface area contributed by atoms with E-state index in [1.807, 2.05) is 30.3 Å². The second kappa shape index (κ2) is 5.56. The summed E-state index contributed by atoms with van der Waals surface area (Å²) >= 11 is 11.8. The second-order valence-corrected chi connectivity index (χ2v) is 4.71. The fourth-order valence-corrected chi connectivity index (χ4v) is 2.15. The number of aromatic nitrogens is 5. The third kappa shape index (κ3) is 2.50. The number of rotatable bonds is 3. The summed E-state index contributed by atoms with van der Waals surface area (Å²) in [5, 5.41) is 12.8. The standard InChI is InChI=1S/C13H9Cl2N5/c14-7-10-6-12(16-8-11(10)15)20-18-13(17-19-20)9-4-2-1-3-5-9/h1-6,8H,7H2. The first-order valence-electron chi connectivity index (χ1n) is 5.84. The summed E-state index contributed by atoms with van der Waals surface area (Å²) < 4.78 is 0. The molecule has 2 heterocycles. The minimum absolute atomic E-state index is 0.300. The van der Waals surface area contributed by atoms with Crippen LogP contribution in [0.15, 0.2) is 42.6 Å². The first kappa shape index (κ1) is 13.0. The quantitative estimate of drug-likeness (QED) is 0.698. The van der Waals surface area contributed by atoms with Gasteiger partial charge in [0.1, 0.15) is 0 Å². The lowest BCUT2D eigenvalue weighted by Crippen LogP contribution is -2.03. The van der Waals surface area contributed by atoms with E-state index in [2.05, 4.69) is 20.4 Å². The third-order valence-corrected chi connectivity index (χ3v) is 3.34. The fourth-order valence-electron chi connectivity index (χ4n) is 1.69. The molecule has 0 aliphatic carbocycles. The Morgan fingerprint density at radius 2 is 1.95 bits per heavy atom. The van der Waals surface area contributed by atoms with E-state index in [0.717, 1.165) is 11.1 Å². The van der Waals surface area contributed by atoms with Crippen LogP contribution in [0.2, 0.25) is 5.02 Å². The van der Waals surface area contributed by atoms with Crippen molar-refractivity contribution in [3.8, 4) is 17.2 Å². The molecule has 3 rings (SSSR count). The number of halogens is 2. The number of nitrogens with zero attached hydrogens (tertiary/aromatic N) is 5. The largest absolute Gasteiger partial charge is 0.234 e. The first-order chi connectivity index (χ1) is 9.78. The maximum absolute atomic E-state index is 5.97. The van der Waals surface area contributed by atoms with Crippen LogP contribution in [0.4, 0.5) is 0 Å². The predicted octanol–water partition coefficient (Wildman–Crippen LogP) is 3.12. The van der Waals surface area contributed by atoms with Gasteiger partial charge in [-0.25, -0.2) is 4.98 Å². The number of hydrogen-bond acceptors (Lipinski definition) is 4. The molecule has 0 bridgehead atoms. The van der Waals surface area contributed by atoms with Gasteiger partial charge in [-0.1, -0.05) is 41.9 Å². The molecule has 0 atom stereocenters. The predicted molar refractivity (Wildman–Crippen MR) is 77.0 cm³/mol. The molecule has 0 unspecified atom stereocenters. The minimum atomic E-state index is 0.300. The number of alkyl halides is 1. The van der Waals surface area contributed by atoms with Crippen molar-refractivity contribution < 1.29 is 0 Å². The summed E-state index contributed by atoms with van der Waals surface area (Å²) in [6.45, 7) is 0. The van der Waals surface area contributed by atoms with Crippen LogP contribution in [-0.4, -0.2) is 25.2 Å². The summed E-state index contributed by atoms with van der Waals surface area (Å²) in [7, 11) is 0. The highest BCUT2D eigenvalue weighted by Gasteiger charge is 2.09. The molecule has 20 heavy (non-hydrogen) atoms. The molecule has 0 amide bonds. The van der Waals surface area contributed by atoms with Crippen LogP contribution in [-0.2, 0) is 5.88 Å². The van der Waals surface area contributed by atoms with E-state index in [9.17, 15) is 0 Å². The molecular weight excluding hydrogens is 297 g/mol. The van der Waals surface area contributed by atoms with Crippen molar-refractivity contribution in [2.24, 2.45) is 0 Å². The van der Waals surface area contributed by atoms with Crippen molar-refractivity contribution >= 4 is 23.2 Å². The van der Waals surface area contributed by atoms with Crippen LogP contribution in [0.25, 0.3) is 17.2 Å². The molecule has 7 heteroatoms. The van der Waals surface area contributed by atoms with Gasteiger partial charge >= 0.3 is 0 Å². The Morgan fingerprint density at radius 3 is 2.70 bits per heavy atom. The van der Waals surface area contributed by atoms with Gasteiger partial charge in [0, 0.05) is 17.6 Å². The number of benzene rings is 1. The Labute approximate surface area is 125 Å². The maximum atomic E-state index is 5.97. The van der Waals surface area contributed by atoms with Crippen LogP contribution in [0.5, 0.6) is 0 Å². The van der Waals surface area contributed by atoms with Gasteiger partial charge in [-0.05, 0) is 16.8 Å². The van der Waals surface area contributed by atoms with Gasteiger partial charge in [0.25, 0.3) is 0 Å². The lowest BCUT2D eigenvalue weighted by atomic mass is 10.2. The zero-order valence-corrected chi connectivity index (χ0v) is 11.8. The molecule has 0 N–H and O–H groups in total. The van der Waals surface area contributed by atoms with Crippen molar-refractivity contribution in [1.82, 2.24) is 25.2 Å². The number of tetrazole rings is 1. The number of hydrogen-bond donors (Lipinski definition) is 0. The van der Waals surface area contributed by atoms with Gasteiger partial charge in [-0.15, -0.1) is 26.6 Å². The molecule has 0 saturated carbocycles. The Morgan fingerprint density at radius 1 is 1.15 bits per heavy atom. The Bertz CT molecular complexity index is 727. The van der Waals surface area contributed by atoms with Crippen molar-refractivity contribution in [3.63, 3.8) is 0 Å². The highest BCUT2D eigenvalue weighted by molar-refractivity contribution is 6.32. The molecule has 100 valence electrons. The minimum Gasteiger partial charge on any atom is -0.234 e. The molecule has 0 spiro atoms. The molecule has 2 aromatic heterocycles. The summed E-state index contributed by atoms with van der Waals surface area (Å²) in [6, 6.07) is 11.3. The van der Waals surface area contributed by atoms with Crippen molar-refractivity contribution in [2.45, 2.75) is 5.88 Å². The topological polar surface area (TPSA) is 56.5 Å². The zero-order valence-electron chi connectivity index (χ0n) is 10.2. The summed E-state index contributed by atoms with van der Waals surface area (Å²) in [4.78, 5) is 5.53. The van der Waals surface area contributed by atoms with Crippen LogP contribution in [0, 0.1) is 0 Å². The van der Waals surface area contributed by atoms with Crippen LogP contribution < -0.4 is 0 Å². The maximum Gasteiger partial charge on any atom is 0.205 e. The first-order valence-corrected chi connectivity index (χ1v) is 6.75.